The molecule has 0 unspecified atom stereocenters. The van der Waals surface area contributed by atoms with Gasteiger partial charge in [0.1, 0.15) is 11.8 Å². The molecular weight excluding hydrogens is 350 g/mol. The molecule has 0 bridgehead atoms. The molecule has 3 rings (SSSR count). The van der Waals surface area contributed by atoms with Gasteiger partial charge in [0.25, 0.3) is 0 Å². The summed E-state index contributed by atoms with van der Waals surface area (Å²) >= 11 is 0. The van der Waals surface area contributed by atoms with Crippen LogP contribution in [0.25, 0.3) is 0 Å². The van der Waals surface area contributed by atoms with E-state index in [2.05, 4.69) is 39.8 Å². The first kappa shape index (κ1) is 20.1. The average Bonchev–Trinajstić information content (AvgIpc) is 2.75. The quantitative estimate of drug-likeness (QED) is 0.729. The highest BCUT2D eigenvalue weighted by atomic mass is 16.5. The van der Waals surface area contributed by atoms with Crippen molar-refractivity contribution in [2.24, 2.45) is 0 Å². The van der Waals surface area contributed by atoms with Crippen LogP contribution in [-0.4, -0.2) is 38.7 Å². The lowest BCUT2D eigenvalue weighted by atomic mass is 10.1. The van der Waals surface area contributed by atoms with Crippen LogP contribution < -0.4 is 20.3 Å². The van der Waals surface area contributed by atoms with Gasteiger partial charge in [0.15, 0.2) is 0 Å². The summed E-state index contributed by atoms with van der Waals surface area (Å²) in [6.45, 7) is 4.78. The van der Waals surface area contributed by atoms with Gasteiger partial charge >= 0.3 is 0 Å². The number of nitrogens with one attached hydrogen (secondary N) is 2. The third kappa shape index (κ3) is 5.65. The number of anilines is 2. The summed E-state index contributed by atoms with van der Waals surface area (Å²) in [5.74, 6) is 0.852. The second-order valence-electron chi connectivity index (χ2n) is 7.35. The SMILES string of the molecule is COc1ccc(CCNC(=O)[C@H](C)Nc2ccc(N3CCCCC3)cc2)cc1. The Morgan fingerprint density at radius 3 is 2.36 bits per heavy atom. The lowest BCUT2D eigenvalue weighted by Crippen LogP contribution is -2.38. The average molecular weight is 382 g/mol. The fourth-order valence-electron chi connectivity index (χ4n) is 3.51. The molecule has 28 heavy (non-hydrogen) atoms. The largest absolute Gasteiger partial charge is 0.497 e. The molecule has 1 atom stereocenters. The molecule has 1 aliphatic rings. The van der Waals surface area contributed by atoms with Crippen LogP contribution in [0.15, 0.2) is 48.5 Å². The second-order valence-corrected chi connectivity index (χ2v) is 7.35. The van der Waals surface area contributed by atoms with Crippen LogP contribution in [0.2, 0.25) is 0 Å². The monoisotopic (exact) mass is 381 g/mol. The number of rotatable bonds is 8. The van der Waals surface area contributed by atoms with E-state index in [9.17, 15) is 4.79 Å². The molecule has 0 saturated carbocycles. The predicted molar refractivity (Wildman–Crippen MR) is 115 cm³/mol. The number of nitrogens with zero attached hydrogens (tertiary/aromatic N) is 1. The molecule has 1 aliphatic heterocycles. The Balaban J connectivity index is 1.42. The Morgan fingerprint density at radius 1 is 1.04 bits per heavy atom. The second kappa shape index (κ2) is 10.0. The van der Waals surface area contributed by atoms with E-state index in [4.69, 9.17) is 4.74 Å². The first-order chi connectivity index (χ1) is 13.7. The summed E-state index contributed by atoms with van der Waals surface area (Å²) in [4.78, 5) is 14.8. The van der Waals surface area contributed by atoms with Gasteiger partial charge in [-0.2, -0.15) is 0 Å². The first-order valence-corrected chi connectivity index (χ1v) is 10.2. The highest BCUT2D eigenvalue weighted by molar-refractivity contribution is 5.84. The van der Waals surface area contributed by atoms with E-state index in [1.165, 1.54) is 30.5 Å². The van der Waals surface area contributed by atoms with Crippen molar-refractivity contribution in [3.8, 4) is 5.75 Å². The lowest BCUT2D eigenvalue weighted by Gasteiger charge is -2.29. The Bertz CT molecular complexity index is 737. The number of carbonyl (C=O) groups excluding carboxylic acids is 1. The molecule has 1 fully saturated rings. The summed E-state index contributed by atoms with van der Waals surface area (Å²) < 4.78 is 5.16. The molecule has 1 amide bonds. The lowest BCUT2D eigenvalue weighted by molar-refractivity contribution is -0.121. The number of hydrogen-bond acceptors (Lipinski definition) is 4. The molecule has 1 saturated heterocycles. The predicted octanol–water partition coefficient (Wildman–Crippen LogP) is 3.84. The molecule has 150 valence electrons. The number of carbonyl (C=O) groups is 1. The molecule has 1 heterocycles. The van der Waals surface area contributed by atoms with Crippen molar-refractivity contribution in [1.82, 2.24) is 5.32 Å². The van der Waals surface area contributed by atoms with Crippen LogP contribution in [0.4, 0.5) is 11.4 Å². The molecular formula is C23H31N3O2. The summed E-state index contributed by atoms with van der Waals surface area (Å²) in [6, 6.07) is 16.0. The van der Waals surface area contributed by atoms with Crippen LogP contribution in [0, 0.1) is 0 Å². The highest BCUT2D eigenvalue weighted by Gasteiger charge is 2.13. The highest BCUT2D eigenvalue weighted by Crippen LogP contribution is 2.22. The van der Waals surface area contributed by atoms with Crippen LogP contribution in [0.5, 0.6) is 5.75 Å². The summed E-state index contributed by atoms with van der Waals surface area (Å²) in [5.41, 5.74) is 3.41. The van der Waals surface area contributed by atoms with Gasteiger partial charge in [-0.1, -0.05) is 12.1 Å². The zero-order chi connectivity index (χ0) is 19.8. The molecule has 2 aromatic carbocycles. The number of ether oxygens (including phenoxy) is 1. The fraction of sp³-hybridized carbons (Fsp3) is 0.435. The Labute approximate surface area is 168 Å². The van der Waals surface area contributed by atoms with Gasteiger partial charge in [0.2, 0.25) is 5.91 Å². The van der Waals surface area contributed by atoms with E-state index >= 15 is 0 Å². The normalized spacial score (nSPS) is 15.0. The minimum Gasteiger partial charge on any atom is -0.497 e. The van der Waals surface area contributed by atoms with Crippen molar-refractivity contribution in [2.45, 2.75) is 38.6 Å². The third-order valence-electron chi connectivity index (χ3n) is 5.24. The Hall–Kier alpha value is -2.69. The number of methoxy groups -OCH3 is 1. The van der Waals surface area contributed by atoms with Crippen LogP contribution in [0.1, 0.15) is 31.7 Å². The third-order valence-corrected chi connectivity index (χ3v) is 5.24. The van der Waals surface area contributed by atoms with Gasteiger partial charge in [-0.25, -0.2) is 0 Å². The number of benzene rings is 2. The molecule has 0 aliphatic carbocycles. The van der Waals surface area contributed by atoms with E-state index < -0.39 is 0 Å². The maximum atomic E-state index is 12.4. The van der Waals surface area contributed by atoms with Gasteiger partial charge in [-0.3, -0.25) is 4.79 Å². The minimum atomic E-state index is -0.281. The first-order valence-electron chi connectivity index (χ1n) is 10.2. The van der Waals surface area contributed by atoms with Crippen molar-refractivity contribution in [1.29, 1.82) is 0 Å². The number of amides is 1. The van der Waals surface area contributed by atoms with E-state index in [0.29, 0.717) is 6.54 Å². The molecule has 0 radical (unpaired) electrons. The van der Waals surface area contributed by atoms with Crippen molar-refractivity contribution in [2.75, 3.05) is 37.0 Å². The molecule has 5 nitrogen and oxygen atoms in total. The molecule has 0 aromatic heterocycles. The Morgan fingerprint density at radius 2 is 1.71 bits per heavy atom. The van der Waals surface area contributed by atoms with Crippen LogP contribution in [-0.2, 0) is 11.2 Å². The zero-order valence-electron chi connectivity index (χ0n) is 16.9. The van der Waals surface area contributed by atoms with E-state index in [0.717, 1.165) is 30.9 Å². The fourth-order valence-corrected chi connectivity index (χ4v) is 3.51. The molecule has 5 heteroatoms. The van der Waals surface area contributed by atoms with Gasteiger partial charge in [0, 0.05) is 31.0 Å². The maximum Gasteiger partial charge on any atom is 0.242 e. The van der Waals surface area contributed by atoms with Crippen LogP contribution >= 0.6 is 0 Å². The standard InChI is InChI=1S/C23H31N3O2/c1-18(23(27)24-15-14-19-6-12-22(28-2)13-7-19)25-20-8-10-21(11-9-20)26-16-4-3-5-17-26/h6-13,18,25H,3-5,14-17H2,1-2H3,(H,24,27)/t18-/m0/s1. The van der Waals surface area contributed by atoms with Gasteiger partial charge in [0.05, 0.1) is 7.11 Å². The smallest absolute Gasteiger partial charge is 0.242 e. The van der Waals surface area contributed by atoms with Crippen molar-refractivity contribution < 1.29 is 9.53 Å². The van der Waals surface area contributed by atoms with Crippen molar-refractivity contribution in [3.05, 3.63) is 54.1 Å². The zero-order valence-corrected chi connectivity index (χ0v) is 16.9. The minimum absolute atomic E-state index is 0.00798. The van der Waals surface area contributed by atoms with Crippen molar-refractivity contribution >= 4 is 17.3 Å². The van der Waals surface area contributed by atoms with E-state index in [1.807, 2.05) is 31.2 Å². The molecule has 2 N–H and O–H groups in total. The number of hydrogen-bond donors (Lipinski definition) is 2. The van der Waals surface area contributed by atoms with Gasteiger partial charge in [-0.05, 0) is 74.6 Å². The molecule has 2 aromatic rings. The molecule has 0 spiro atoms. The summed E-state index contributed by atoms with van der Waals surface area (Å²) in [6.07, 6.45) is 4.68. The van der Waals surface area contributed by atoms with Gasteiger partial charge in [-0.15, -0.1) is 0 Å². The Kier molecular flexibility index (Phi) is 7.18. The summed E-state index contributed by atoms with van der Waals surface area (Å²) in [7, 11) is 1.66. The topological polar surface area (TPSA) is 53.6 Å². The summed E-state index contributed by atoms with van der Waals surface area (Å²) in [5, 5.41) is 6.29. The van der Waals surface area contributed by atoms with Crippen molar-refractivity contribution in [3.63, 3.8) is 0 Å². The van der Waals surface area contributed by atoms with Crippen LogP contribution in [0.3, 0.4) is 0 Å². The van der Waals surface area contributed by atoms with E-state index in [-0.39, 0.29) is 11.9 Å². The number of piperidine rings is 1. The van der Waals surface area contributed by atoms with E-state index in [1.54, 1.807) is 7.11 Å². The maximum absolute atomic E-state index is 12.4. The van der Waals surface area contributed by atoms with Gasteiger partial charge < -0.3 is 20.3 Å².